The maximum absolute atomic E-state index is 13.6. The van der Waals surface area contributed by atoms with Crippen molar-refractivity contribution in [2.24, 2.45) is 0 Å². The number of nitrogens with one attached hydrogen (secondary N) is 2. The highest BCUT2D eigenvalue weighted by Crippen LogP contribution is 2.24. The smallest absolute Gasteiger partial charge is 0.320 e. The Bertz CT molecular complexity index is 734. The quantitative estimate of drug-likeness (QED) is 0.192. The van der Waals surface area contributed by atoms with E-state index >= 15 is 0 Å². The number of aldehydes is 2. The molecule has 2 aliphatic rings. The lowest BCUT2D eigenvalue weighted by Crippen LogP contribution is -2.57. The van der Waals surface area contributed by atoms with Gasteiger partial charge in [-0.15, -0.1) is 0 Å². The SMILES string of the molecule is CCN(CCC=O)C(=O)N1CCN(C(=O)N(CCC2CCC(C)N2C)CC(C=O)ONC(C)NC)CC1. The Hall–Kier alpha value is -2.28. The van der Waals surface area contributed by atoms with Crippen molar-refractivity contribution in [3.05, 3.63) is 0 Å². The Kier molecular flexibility index (Phi) is 13.3. The molecule has 0 aromatic rings. The summed E-state index contributed by atoms with van der Waals surface area (Å²) in [4.78, 5) is 63.7. The number of carbonyl (C=O) groups is 4. The van der Waals surface area contributed by atoms with Crippen molar-refractivity contribution < 1.29 is 24.0 Å². The fourth-order valence-electron chi connectivity index (χ4n) is 4.78. The molecule has 2 N–H and O–H groups in total. The average molecular weight is 526 g/mol. The third kappa shape index (κ3) is 9.20. The predicted molar refractivity (Wildman–Crippen MR) is 141 cm³/mol. The van der Waals surface area contributed by atoms with Crippen molar-refractivity contribution in [1.29, 1.82) is 0 Å². The van der Waals surface area contributed by atoms with Crippen LogP contribution in [0.1, 0.15) is 46.5 Å². The van der Waals surface area contributed by atoms with E-state index in [0.29, 0.717) is 70.6 Å². The largest absolute Gasteiger partial charge is 0.325 e. The molecule has 2 heterocycles. The minimum Gasteiger partial charge on any atom is -0.325 e. The molecule has 2 fully saturated rings. The number of hydrogen-bond donors (Lipinski definition) is 2. The molecule has 0 aromatic heterocycles. The van der Waals surface area contributed by atoms with Crippen LogP contribution in [0.15, 0.2) is 0 Å². The molecule has 4 atom stereocenters. The summed E-state index contributed by atoms with van der Waals surface area (Å²) in [6, 6.07) is 0.661. The number of hydrogen-bond acceptors (Lipinski definition) is 8. The summed E-state index contributed by atoms with van der Waals surface area (Å²) in [6.07, 6.45) is 3.93. The number of amides is 4. The zero-order valence-electron chi connectivity index (χ0n) is 23.2. The normalized spacial score (nSPS) is 22.0. The molecule has 2 aliphatic heterocycles. The molecule has 4 amide bonds. The van der Waals surface area contributed by atoms with Gasteiger partial charge in [-0.3, -0.25) is 4.84 Å². The summed E-state index contributed by atoms with van der Waals surface area (Å²) in [6.45, 7) is 9.23. The van der Waals surface area contributed by atoms with Crippen LogP contribution < -0.4 is 10.8 Å². The molecule has 2 rings (SSSR count). The summed E-state index contributed by atoms with van der Waals surface area (Å²) >= 11 is 0. The van der Waals surface area contributed by atoms with E-state index in [-0.39, 0.29) is 24.8 Å². The number of nitrogens with zero attached hydrogens (tertiary/aromatic N) is 5. The zero-order chi connectivity index (χ0) is 27.4. The first-order valence-electron chi connectivity index (χ1n) is 13.5. The van der Waals surface area contributed by atoms with Crippen molar-refractivity contribution >= 4 is 24.6 Å². The Balaban J connectivity index is 2.01. The van der Waals surface area contributed by atoms with Crippen molar-refractivity contribution in [2.45, 2.75) is 70.8 Å². The van der Waals surface area contributed by atoms with E-state index < -0.39 is 6.10 Å². The van der Waals surface area contributed by atoms with E-state index in [1.165, 1.54) is 0 Å². The van der Waals surface area contributed by atoms with E-state index in [4.69, 9.17) is 4.84 Å². The number of likely N-dealkylation sites (tertiary alicyclic amines) is 1. The summed E-state index contributed by atoms with van der Waals surface area (Å²) in [5.41, 5.74) is 2.79. The number of rotatable bonds is 14. The zero-order valence-corrected chi connectivity index (χ0v) is 23.2. The molecule has 212 valence electrons. The van der Waals surface area contributed by atoms with Crippen molar-refractivity contribution in [3.8, 4) is 0 Å². The molecule has 4 unspecified atom stereocenters. The van der Waals surface area contributed by atoms with Crippen LogP contribution in [-0.2, 0) is 14.4 Å². The number of piperazine rings is 1. The lowest BCUT2D eigenvalue weighted by atomic mass is 10.1. The fourth-order valence-corrected chi connectivity index (χ4v) is 4.78. The van der Waals surface area contributed by atoms with Gasteiger partial charge in [-0.1, -0.05) is 0 Å². The standard InChI is InChI=1S/C25H47N7O5/c1-6-29(11-7-17-33)24(35)30-13-15-31(16-14-30)25(36)32(12-10-22-9-8-20(2)28(22)5)18-23(19-34)37-27-21(3)26-4/h17,19-23,26-27H,6-16,18H2,1-5H3. The van der Waals surface area contributed by atoms with E-state index in [1.807, 2.05) is 13.8 Å². The maximum atomic E-state index is 13.6. The van der Waals surface area contributed by atoms with Crippen molar-refractivity contribution in [2.75, 3.05) is 66.5 Å². The molecule has 0 aliphatic carbocycles. The lowest BCUT2D eigenvalue weighted by molar-refractivity contribution is -0.126. The van der Waals surface area contributed by atoms with Crippen LogP contribution in [0.5, 0.6) is 0 Å². The van der Waals surface area contributed by atoms with E-state index in [2.05, 4.69) is 29.7 Å². The van der Waals surface area contributed by atoms with Gasteiger partial charge in [0.1, 0.15) is 6.29 Å². The summed E-state index contributed by atoms with van der Waals surface area (Å²) in [5, 5.41) is 2.98. The predicted octanol–water partition coefficient (Wildman–Crippen LogP) is 0.584. The summed E-state index contributed by atoms with van der Waals surface area (Å²) in [7, 11) is 3.90. The molecule has 0 aromatic carbocycles. The van der Waals surface area contributed by atoms with Crippen LogP contribution in [-0.4, -0.2) is 140 Å². The van der Waals surface area contributed by atoms with Gasteiger partial charge in [0, 0.05) is 64.3 Å². The second-order valence-electron chi connectivity index (χ2n) is 9.98. The summed E-state index contributed by atoms with van der Waals surface area (Å²) < 4.78 is 0. The second kappa shape index (κ2) is 15.9. The molecule has 0 spiro atoms. The summed E-state index contributed by atoms with van der Waals surface area (Å²) in [5.74, 6) is 0. The second-order valence-corrected chi connectivity index (χ2v) is 9.98. The molecular formula is C25H47N7O5. The highest BCUT2D eigenvalue weighted by atomic mass is 16.7. The lowest BCUT2D eigenvalue weighted by Gasteiger charge is -2.39. The first kappa shape index (κ1) is 30.9. The van der Waals surface area contributed by atoms with Crippen molar-refractivity contribution in [3.63, 3.8) is 0 Å². The topological polar surface area (TPSA) is 118 Å². The van der Waals surface area contributed by atoms with Crippen LogP contribution in [0.4, 0.5) is 9.59 Å². The van der Waals surface area contributed by atoms with Gasteiger partial charge in [0.2, 0.25) is 0 Å². The Morgan fingerprint density at radius 1 is 1.05 bits per heavy atom. The molecule has 37 heavy (non-hydrogen) atoms. The first-order chi connectivity index (χ1) is 17.7. The molecule has 2 saturated heterocycles. The van der Waals surface area contributed by atoms with Crippen molar-refractivity contribution in [1.82, 2.24) is 35.3 Å². The van der Waals surface area contributed by atoms with Gasteiger partial charge in [-0.25, -0.2) is 9.59 Å². The highest BCUT2D eigenvalue weighted by molar-refractivity contribution is 5.77. The number of hydroxylamine groups is 1. The van der Waals surface area contributed by atoms with Gasteiger partial charge in [-0.05, 0) is 54.1 Å². The third-order valence-corrected chi connectivity index (χ3v) is 7.56. The molecule has 12 nitrogen and oxygen atoms in total. The number of urea groups is 2. The van der Waals surface area contributed by atoms with E-state index in [0.717, 1.165) is 25.5 Å². The van der Waals surface area contributed by atoms with Crippen LogP contribution >= 0.6 is 0 Å². The third-order valence-electron chi connectivity index (χ3n) is 7.56. The Morgan fingerprint density at radius 3 is 2.16 bits per heavy atom. The molecule has 0 radical (unpaired) electrons. The van der Waals surface area contributed by atoms with Gasteiger partial charge in [0.15, 0.2) is 12.4 Å². The molecule has 0 bridgehead atoms. The van der Waals surface area contributed by atoms with Crippen LogP contribution in [0.3, 0.4) is 0 Å². The van der Waals surface area contributed by atoms with Gasteiger partial charge in [0.25, 0.3) is 0 Å². The molecular weight excluding hydrogens is 478 g/mol. The van der Waals surface area contributed by atoms with E-state index in [1.54, 1.807) is 26.6 Å². The van der Waals surface area contributed by atoms with Gasteiger partial charge < -0.3 is 39.4 Å². The minimum atomic E-state index is -0.807. The Morgan fingerprint density at radius 2 is 1.68 bits per heavy atom. The maximum Gasteiger partial charge on any atom is 0.320 e. The average Bonchev–Trinajstić information content (AvgIpc) is 3.24. The highest BCUT2D eigenvalue weighted by Gasteiger charge is 2.32. The monoisotopic (exact) mass is 525 g/mol. The first-order valence-corrected chi connectivity index (χ1v) is 13.5. The van der Waals surface area contributed by atoms with E-state index in [9.17, 15) is 19.2 Å². The van der Waals surface area contributed by atoms with Gasteiger partial charge in [0.05, 0.1) is 12.7 Å². The van der Waals surface area contributed by atoms with Crippen LogP contribution in [0.25, 0.3) is 0 Å². The fraction of sp³-hybridized carbons (Fsp3) is 0.840. The number of carbonyl (C=O) groups excluding carboxylic acids is 4. The Labute approximate surface area is 221 Å². The molecule has 12 heteroatoms. The van der Waals surface area contributed by atoms with Gasteiger partial charge in [-0.2, -0.15) is 5.48 Å². The molecule has 0 saturated carbocycles. The van der Waals surface area contributed by atoms with Crippen LogP contribution in [0, 0.1) is 0 Å². The van der Waals surface area contributed by atoms with Gasteiger partial charge >= 0.3 is 12.1 Å². The van der Waals surface area contributed by atoms with Crippen LogP contribution in [0.2, 0.25) is 0 Å². The minimum absolute atomic E-state index is 0.106.